The molecule has 0 radical (unpaired) electrons. The molecule has 3 N–H and O–H groups in total. The average Bonchev–Trinajstić information content (AvgIpc) is 2.48. The van der Waals surface area contributed by atoms with Crippen molar-refractivity contribution in [2.24, 2.45) is 5.73 Å². The third-order valence-corrected chi connectivity index (χ3v) is 4.04. The molecule has 2 heteroatoms. The Balaban J connectivity index is 2.00. The molecule has 2 unspecified atom stereocenters. The number of aliphatic hydroxyl groups is 1. The highest BCUT2D eigenvalue weighted by atomic mass is 16.3. The molecular weight excluding hydrogens is 258 g/mol. The van der Waals surface area contributed by atoms with Gasteiger partial charge in [-0.05, 0) is 37.8 Å². The molecule has 21 heavy (non-hydrogen) atoms. The second-order valence-corrected chi connectivity index (χ2v) is 5.85. The van der Waals surface area contributed by atoms with Gasteiger partial charge in [0.05, 0.1) is 6.10 Å². The van der Waals surface area contributed by atoms with Gasteiger partial charge in [-0.25, -0.2) is 0 Å². The molecule has 2 aromatic rings. The fourth-order valence-corrected chi connectivity index (χ4v) is 2.71. The molecule has 0 heterocycles. The molecule has 2 rings (SSSR count). The molecule has 2 atom stereocenters. The van der Waals surface area contributed by atoms with Crippen molar-refractivity contribution >= 4 is 0 Å². The average molecular weight is 283 g/mol. The molecule has 0 aliphatic carbocycles. The molecule has 2 aromatic carbocycles. The fraction of sp³-hybridized carbons (Fsp3) is 0.368. The highest BCUT2D eigenvalue weighted by Crippen LogP contribution is 2.22. The lowest BCUT2D eigenvalue weighted by atomic mass is 9.89. The molecule has 0 aliphatic rings. The summed E-state index contributed by atoms with van der Waals surface area (Å²) in [5.74, 6) is 0.00964. The maximum atomic E-state index is 10.5. The first-order valence-corrected chi connectivity index (χ1v) is 7.60. The van der Waals surface area contributed by atoms with E-state index in [-0.39, 0.29) is 5.92 Å². The summed E-state index contributed by atoms with van der Waals surface area (Å²) in [7, 11) is 0. The summed E-state index contributed by atoms with van der Waals surface area (Å²) < 4.78 is 0. The van der Waals surface area contributed by atoms with Crippen molar-refractivity contribution in [1.82, 2.24) is 0 Å². The van der Waals surface area contributed by atoms with Crippen LogP contribution in [-0.2, 0) is 6.42 Å². The van der Waals surface area contributed by atoms with Crippen molar-refractivity contribution < 1.29 is 5.11 Å². The van der Waals surface area contributed by atoms with Gasteiger partial charge in [0.2, 0.25) is 0 Å². The van der Waals surface area contributed by atoms with Crippen LogP contribution in [0.4, 0.5) is 0 Å². The largest absolute Gasteiger partial charge is 0.392 e. The molecule has 0 fully saturated rings. The molecule has 0 aromatic heterocycles. The Bertz CT molecular complexity index is 562. The van der Waals surface area contributed by atoms with Crippen LogP contribution in [0.3, 0.4) is 0 Å². The topological polar surface area (TPSA) is 46.2 Å². The lowest BCUT2D eigenvalue weighted by Crippen LogP contribution is -2.26. The Morgan fingerprint density at radius 2 is 1.71 bits per heavy atom. The van der Waals surface area contributed by atoms with E-state index >= 15 is 0 Å². The van der Waals surface area contributed by atoms with E-state index in [2.05, 4.69) is 62.4 Å². The third-order valence-electron chi connectivity index (χ3n) is 4.04. The maximum absolute atomic E-state index is 10.5. The van der Waals surface area contributed by atoms with Crippen molar-refractivity contribution in [3.05, 3.63) is 70.8 Å². The fourth-order valence-electron chi connectivity index (χ4n) is 2.71. The van der Waals surface area contributed by atoms with Crippen LogP contribution in [-0.4, -0.2) is 17.8 Å². The summed E-state index contributed by atoms with van der Waals surface area (Å²) in [6, 6.07) is 16.7. The van der Waals surface area contributed by atoms with E-state index in [9.17, 15) is 5.11 Å². The number of rotatable bonds is 6. The zero-order valence-corrected chi connectivity index (χ0v) is 12.9. The molecule has 0 aliphatic heterocycles. The summed E-state index contributed by atoms with van der Waals surface area (Å²) in [5, 5.41) is 10.5. The molecule has 2 nitrogen and oxygen atoms in total. The Morgan fingerprint density at radius 3 is 2.33 bits per heavy atom. The molecule has 0 spiro atoms. The zero-order valence-electron chi connectivity index (χ0n) is 12.9. The number of nitrogens with two attached hydrogens (primary N) is 1. The molecule has 0 bridgehead atoms. The van der Waals surface area contributed by atoms with Gasteiger partial charge in [-0.1, -0.05) is 59.7 Å². The van der Waals surface area contributed by atoms with Gasteiger partial charge in [0.1, 0.15) is 0 Å². The number of hydrogen-bond donors (Lipinski definition) is 2. The van der Waals surface area contributed by atoms with E-state index in [0.717, 1.165) is 18.4 Å². The van der Waals surface area contributed by atoms with E-state index in [4.69, 9.17) is 5.73 Å². The summed E-state index contributed by atoms with van der Waals surface area (Å²) in [5.41, 5.74) is 10.8. The summed E-state index contributed by atoms with van der Waals surface area (Å²) >= 11 is 0. The van der Waals surface area contributed by atoms with Gasteiger partial charge in [-0.2, -0.15) is 0 Å². The normalized spacial score (nSPS) is 13.9. The van der Waals surface area contributed by atoms with Gasteiger partial charge in [0, 0.05) is 12.5 Å². The van der Waals surface area contributed by atoms with E-state index in [0.29, 0.717) is 6.54 Å². The van der Waals surface area contributed by atoms with E-state index in [1.54, 1.807) is 0 Å². The molecule has 0 saturated heterocycles. The molecule has 112 valence electrons. The first-order valence-electron chi connectivity index (χ1n) is 7.60. The quantitative estimate of drug-likeness (QED) is 0.854. The minimum atomic E-state index is -0.404. The van der Waals surface area contributed by atoms with Crippen molar-refractivity contribution in [2.45, 2.75) is 38.7 Å². The highest BCUT2D eigenvalue weighted by Gasteiger charge is 2.19. The van der Waals surface area contributed by atoms with Gasteiger partial charge >= 0.3 is 0 Å². The lowest BCUT2D eigenvalue weighted by Gasteiger charge is -2.22. The van der Waals surface area contributed by atoms with Crippen LogP contribution in [0.2, 0.25) is 0 Å². The third kappa shape index (κ3) is 4.42. The van der Waals surface area contributed by atoms with Crippen LogP contribution in [0.15, 0.2) is 48.5 Å². The first-order chi connectivity index (χ1) is 10.1. The van der Waals surface area contributed by atoms with E-state index in [1.807, 2.05) is 0 Å². The van der Waals surface area contributed by atoms with Crippen LogP contribution >= 0.6 is 0 Å². The molecular formula is C19H25NO. The second kappa shape index (κ2) is 7.39. The summed E-state index contributed by atoms with van der Waals surface area (Å²) in [6.07, 6.45) is 1.21. The Kier molecular flexibility index (Phi) is 5.54. The standard InChI is InChI=1S/C19H25NO/c1-14-6-9-17(10-7-14)18(13-20)19(21)11-8-16-5-3-4-15(2)12-16/h3-7,9-10,12,18-19,21H,8,11,13,20H2,1-2H3. The van der Waals surface area contributed by atoms with E-state index < -0.39 is 6.10 Å². The van der Waals surface area contributed by atoms with Gasteiger partial charge in [-0.3, -0.25) is 0 Å². The summed E-state index contributed by atoms with van der Waals surface area (Å²) in [6.45, 7) is 4.63. The number of aliphatic hydroxyl groups excluding tert-OH is 1. The Hall–Kier alpha value is -1.64. The van der Waals surface area contributed by atoms with Crippen molar-refractivity contribution in [2.75, 3.05) is 6.54 Å². The minimum Gasteiger partial charge on any atom is -0.392 e. The minimum absolute atomic E-state index is 0.00964. The Labute approximate surface area is 127 Å². The van der Waals surface area contributed by atoms with Gasteiger partial charge in [-0.15, -0.1) is 0 Å². The molecule has 0 saturated carbocycles. The number of benzene rings is 2. The maximum Gasteiger partial charge on any atom is 0.0624 e. The monoisotopic (exact) mass is 283 g/mol. The lowest BCUT2D eigenvalue weighted by molar-refractivity contribution is 0.136. The van der Waals surface area contributed by atoms with E-state index in [1.165, 1.54) is 16.7 Å². The predicted molar refractivity (Wildman–Crippen MR) is 88.5 cm³/mol. The van der Waals surface area contributed by atoms with Crippen LogP contribution in [0, 0.1) is 13.8 Å². The van der Waals surface area contributed by atoms with Crippen LogP contribution < -0.4 is 5.73 Å². The van der Waals surface area contributed by atoms with Crippen LogP contribution in [0.25, 0.3) is 0 Å². The zero-order chi connectivity index (χ0) is 15.2. The van der Waals surface area contributed by atoms with Crippen molar-refractivity contribution in [3.8, 4) is 0 Å². The predicted octanol–water partition coefficient (Wildman–Crippen LogP) is 3.34. The second-order valence-electron chi connectivity index (χ2n) is 5.85. The van der Waals surface area contributed by atoms with Gasteiger partial charge < -0.3 is 10.8 Å². The smallest absolute Gasteiger partial charge is 0.0624 e. The van der Waals surface area contributed by atoms with Crippen LogP contribution in [0.1, 0.15) is 34.6 Å². The van der Waals surface area contributed by atoms with Crippen molar-refractivity contribution in [1.29, 1.82) is 0 Å². The van der Waals surface area contributed by atoms with Gasteiger partial charge in [0.25, 0.3) is 0 Å². The highest BCUT2D eigenvalue weighted by molar-refractivity contribution is 5.26. The van der Waals surface area contributed by atoms with Crippen molar-refractivity contribution in [3.63, 3.8) is 0 Å². The SMILES string of the molecule is Cc1ccc(C(CN)C(O)CCc2cccc(C)c2)cc1. The first kappa shape index (κ1) is 15.7. The van der Waals surface area contributed by atoms with Gasteiger partial charge in [0.15, 0.2) is 0 Å². The number of hydrogen-bond acceptors (Lipinski definition) is 2. The Morgan fingerprint density at radius 1 is 1.00 bits per heavy atom. The van der Waals surface area contributed by atoms with Crippen LogP contribution in [0.5, 0.6) is 0 Å². The molecule has 0 amide bonds. The summed E-state index contributed by atoms with van der Waals surface area (Å²) in [4.78, 5) is 0. The number of aryl methyl sites for hydroxylation is 3.